The van der Waals surface area contributed by atoms with Crippen LogP contribution in [0.2, 0.25) is 0 Å². The number of hydrogen-bond donors (Lipinski definition) is 1. The van der Waals surface area contributed by atoms with E-state index in [-0.39, 0.29) is 43.3 Å². The zero-order valence-electron chi connectivity index (χ0n) is 21.5. The lowest BCUT2D eigenvalue weighted by Gasteiger charge is -2.29. The van der Waals surface area contributed by atoms with E-state index < -0.39 is 0 Å². The van der Waals surface area contributed by atoms with Gasteiger partial charge in [0.1, 0.15) is 11.5 Å². The van der Waals surface area contributed by atoms with Gasteiger partial charge in [-0.1, -0.05) is 36.4 Å². The molecule has 0 saturated heterocycles. The summed E-state index contributed by atoms with van der Waals surface area (Å²) in [5.74, 6) is 0.683. The Morgan fingerprint density at radius 2 is 1.81 bits per heavy atom. The van der Waals surface area contributed by atoms with Gasteiger partial charge in [-0.2, -0.15) is 0 Å². The number of ketones is 1. The summed E-state index contributed by atoms with van der Waals surface area (Å²) in [7, 11) is 0. The van der Waals surface area contributed by atoms with E-state index in [2.05, 4.69) is 5.32 Å². The number of carbonyl (C=O) groups is 3. The smallest absolute Gasteiger partial charge is 0.265 e. The summed E-state index contributed by atoms with van der Waals surface area (Å²) in [6.07, 6.45) is 0.756. The van der Waals surface area contributed by atoms with Crippen LogP contribution in [0.1, 0.15) is 52.9 Å². The number of hydrogen-bond acceptors (Lipinski definition) is 5. The summed E-state index contributed by atoms with van der Waals surface area (Å²) >= 11 is 0. The van der Waals surface area contributed by atoms with Gasteiger partial charge >= 0.3 is 0 Å². The average Bonchev–Trinajstić information content (AvgIpc) is 2.90. The Morgan fingerprint density at radius 3 is 2.57 bits per heavy atom. The molecule has 0 bridgehead atoms. The number of nitrogens with one attached hydrogen (secondary N) is 1. The van der Waals surface area contributed by atoms with Crippen LogP contribution in [0.4, 0.5) is 5.69 Å². The van der Waals surface area contributed by atoms with Crippen molar-refractivity contribution >= 4 is 23.3 Å². The first kappa shape index (κ1) is 25.9. The molecule has 0 radical (unpaired) electrons. The van der Waals surface area contributed by atoms with Crippen molar-refractivity contribution in [2.45, 2.75) is 39.7 Å². The van der Waals surface area contributed by atoms with Gasteiger partial charge in [-0.3, -0.25) is 14.4 Å². The van der Waals surface area contributed by atoms with Crippen molar-refractivity contribution in [3.8, 4) is 11.5 Å². The third-order valence-corrected chi connectivity index (χ3v) is 6.53. The second-order valence-electron chi connectivity index (χ2n) is 9.28. The number of anilines is 1. The predicted octanol–water partition coefficient (Wildman–Crippen LogP) is 4.95. The lowest BCUT2D eigenvalue weighted by atomic mass is 10.1. The van der Waals surface area contributed by atoms with Gasteiger partial charge in [0.15, 0.2) is 19.0 Å². The largest absolute Gasteiger partial charge is 0.485 e. The van der Waals surface area contributed by atoms with Gasteiger partial charge in [-0.05, 0) is 74.2 Å². The minimum absolute atomic E-state index is 0.0760. The molecule has 0 spiro atoms. The Balaban J connectivity index is 1.36. The van der Waals surface area contributed by atoms with Gasteiger partial charge in [-0.25, -0.2) is 0 Å². The van der Waals surface area contributed by atoms with Gasteiger partial charge in [0.25, 0.3) is 5.91 Å². The van der Waals surface area contributed by atoms with Crippen molar-refractivity contribution in [1.29, 1.82) is 0 Å². The lowest BCUT2D eigenvalue weighted by molar-refractivity contribution is -0.123. The first-order chi connectivity index (χ1) is 17.8. The number of rotatable bonds is 10. The Bertz CT molecular complexity index is 1290. The monoisotopic (exact) mass is 500 g/mol. The summed E-state index contributed by atoms with van der Waals surface area (Å²) in [4.78, 5) is 39.5. The standard InChI is InChI=1S/C30H32N2O5/c1-20-11-13-25(16-21(20)2)36-18-27(33)24-12-14-28-26(17-24)32(30(35)19-37-28)15-7-10-29(34)31-22(3)23-8-5-4-6-9-23/h4-6,8-9,11-14,16-17,22H,7,10,15,18-19H2,1-3H3,(H,31,34)/t22-/m0/s1. The normalized spacial score (nSPS) is 13.4. The van der Waals surface area contributed by atoms with Crippen LogP contribution >= 0.6 is 0 Å². The quantitative estimate of drug-likeness (QED) is 0.398. The fourth-order valence-electron chi connectivity index (χ4n) is 4.19. The molecule has 1 N–H and O–H groups in total. The fourth-order valence-corrected chi connectivity index (χ4v) is 4.19. The number of carbonyl (C=O) groups excluding carboxylic acids is 3. The van der Waals surface area contributed by atoms with E-state index in [1.807, 2.05) is 69.3 Å². The van der Waals surface area contributed by atoms with E-state index >= 15 is 0 Å². The van der Waals surface area contributed by atoms with E-state index in [0.717, 1.165) is 16.7 Å². The molecule has 2 amide bonds. The van der Waals surface area contributed by atoms with Crippen LogP contribution in [0, 0.1) is 13.8 Å². The molecule has 7 heteroatoms. The number of aryl methyl sites for hydroxylation is 2. The molecule has 0 unspecified atom stereocenters. The highest BCUT2D eigenvalue weighted by Crippen LogP contribution is 2.33. The van der Waals surface area contributed by atoms with Gasteiger partial charge in [0, 0.05) is 18.5 Å². The topological polar surface area (TPSA) is 84.9 Å². The zero-order valence-corrected chi connectivity index (χ0v) is 21.5. The molecule has 192 valence electrons. The van der Waals surface area contributed by atoms with Crippen molar-refractivity contribution < 1.29 is 23.9 Å². The molecular formula is C30H32N2O5. The maximum atomic E-state index is 12.8. The first-order valence-corrected chi connectivity index (χ1v) is 12.5. The van der Waals surface area contributed by atoms with Crippen LogP contribution in [-0.2, 0) is 9.59 Å². The molecule has 37 heavy (non-hydrogen) atoms. The highest BCUT2D eigenvalue weighted by Gasteiger charge is 2.26. The molecule has 0 fully saturated rings. The molecule has 0 aliphatic carbocycles. The van der Waals surface area contributed by atoms with Crippen LogP contribution < -0.4 is 19.7 Å². The van der Waals surface area contributed by atoms with Gasteiger partial charge in [0.2, 0.25) is 5.91 Å². The minimum Gasteiger partial charge on any atom is -0.485 e. The molecule has 0 aromatic heterocycles. The Labute approximate surface area is 217 Å². The SMILES string of the molecule is Cc1ccc(OCC(=O)c2ccc3c(c2)N(CCCC(=O)N[C@@H](C)c2ccccc2)C(=O)CO3)cc1C. The molecular weight excluding hydrogens is 468 g/mol. The predicted molar refractivity (Wildman–Crippen MR) is 142 cm³/mol. The first-order valence-electron chi connectivity index (χ1n) is 12.5. The highest BCUT2D eigenvalue weighted by atomic mass is 16.5. The number of amides is 2. The minimum atomic E-state index is -0.207. The summed E-state index contributed by atoms with van der Waals surface area (Å²) < 4.78 is 11.3. The van der Waals surface area contributed by atoms with Gasteiger partial charge in [-0.15, -0.1) is 0 Å². The average molecular weight is 501 g/mol. The summed E-state index contributed by atoms with van der Waals surface area (Å²) in [5.41, 5.74) is 4.24. The molecule has 4 rings (SSSR count). The number of benzene rings is 3. The van der Waals surface area contributed by atoms with E-state index in [0.29, 0.717) is 35.7 Å². The summed E-state index contributed by atoms with van der Waals surface area (Å²) in [5, 5.41) is 3.00. The second-order valence-corrected chi connectivity index (χ2v) is 9.28. The Kier molecular flexibility index (Phi) is 8.23. The maximum absolute atomic E-state index is 12.8. The highest BCUT2D eigenvalue weighted by molar-refractivity contribution is 6.02. The second kappa shape index (κ2) is 11.7. The van der Waals surface area contributed by atoms with E-state index in [4.69, 9.17) is 9.47 Å². The number of nitrogens with zero attached hydrogens (tertiary/aromatic N) is 1. The number of Topliss-reactive ketones (excluding diaryl/α,β-unsaturated/α-hetero) is 1. The van der Waals surface area contributed by atoms with Crippen molar-refractivity contribution in [1.82, 2.24) is 5.32 Å². The van der Waals surface area contributed by atoms with Gasteiger partial charge in [0.05, 0.1) is 11.7 Å². The van der Waals surface area contributed by atoms with E-state index in [1.54, 1.807) is 23.1 Å². The third-order valence-electron chi connectivity index (χ3n) is 6.53. The molecule has 1 aliphatic heterocycles. The molecule has 0 saturated carbocycles. The Hall–Kier alpha value is -4.13. The van der Waals surface area contributed by atoms with Crippen LogP contribution in [-0.4, -0.2) is 37.4 Å². The van der Waals surface area contributed by atoms with E-state index in [9.17, 15) is 14.4 Å². The molecule has 1 atom stereocenters. The van der Waals surface area contributed by atoms with Crippen molar-refractivity contribution in [2.75, 3.05) is 24.7 Å². The van der Waals surface area contributed by atoms with E-state index in [1.165, 1.54) is 0 Å². The zero-order chi connectivity index (χ0) is 26.4. The van der Waals surface area contributed by atoms with Crippen LogP contribution in [0.25, 0.3) is 0 Å². The lowest BCUT2D eigenvalue weighted by Crippen LogP contribution is -2.40. The summed E-state index contributed by atoms with van der Waals surface area (Å²) in [6.45, 7) is 6.11. The van der Waals surface area contributed by atoms with Crippen molar-refractivity contribution in [3.05, 3.63) is 89.0 Å². The van der Waals surface area contributed by atoms with Gasteiger partial charge < -0.3 is 19.7 Å². The van der Waals surface area contributed by atoms with Crippen LogP contribution in [0.5, 0.6) is 11.5 Å². The van der Waals surface area contributed by atoms with Crippen molar-refractivity contribution in [3.63, 3.8) is 0 Å². The third kappa shape index (κ3) is 6.55. The molecule has 3 aromatic rings. The van der Waals surface area contributed by atoms with Crippen LogP contribution in [0.15, 0.2) is 66.7 Å². The number of ether oxygens (including phenoxy) is 2. The molecule has 7 nitrogen and oxygen atoms in total. The Morgan fingerprint density at radius 1 is 1.03 bits per heavy atom. The van der Waals surface area contributed by atoms with Crippen LogP contribution in [0.3, 0.4) is 0 Å². The summed E-state index contributed by atoms with van der Waals surface area (Å²) in [6, 6.07) is 20.4. The fraction of sp³-hybridized carbons (Fsp3) is 0.300. The maximum Gasteiger partial charge on any atom is 0.265 e. The molecule has 1 heterocycles. The number of fused-ring (bicyclic) bond motifs is 1. The van der Waals surface area contributed by atoms with Crippen molar-refractivity contribution in [2.24, 2.45) is 0 Å². The molecule has 3 aromatic carbocycles. The molecule has 1 aliphatic rings.